The minimum Gasteiger partial charge on any atom is -0.396 e. The molecule has 0 radical (unpaired) electrons. The van der Waals surface area contributed by atoms with Gasteiger partial charge in [0.25, 0.3) is 0 Å². The first-order chi connectivity index (χ1) is 9.26. The van der Waals surface area contributed by atoms with Gasteiger partial charge in [-0.1, -0.05) is 0 Å². The summed E-state index contributed by atoms with van der Waals surface area (Å²) in [5.41, 5.74) is 0. The zero-order valence-electron chi connectivity index (χ0n) is 12.0. The maximum Gasteiger partial charge on any atom is 0.315 e. The summed E-state index contributed by atoms with van der Waals surface area (Å²) < 4.78 is 4.97. The van der Waals surface area contributed by atoms with E-state index in [1.165, 1.54) is 0 Å². The van der Waals surface area contributed by atoms with E-state index >= 15 is 0 Å². The number of carbonyl (C=O) groups excluding carboxylic acids is 1. The molecule has 0 aromatic carbocycles. The molecule has 1 rings (SSSR count). The summed E-state index contributed by atoms with van der Waals surface area (Å²) in [4.78, 5) is 11.7. The number of nitrogens with one attached hydrogen (secondary N) is 2. The number of unbranched alkanes of at least 4 members (excludes halogenated alkanes) is 2. The fourth-order valence-corrected chi connectivity index (χ4v) is 2.48. The molecule has 1 aliphatic carbocycles. The van der Waals surface area contributed by atoms with Gasteiger partial charge in [-0.15, -0.1) is 0 Å². The highest BCUT2D eigenvalue weighted by Crippen LogP contribution is 2.23. The van der Waals surface area contributed by atoms with E-state index < -0.39 is 0 Å². The second-order valence-electron chi connectivity index (χ2n) is 5.35. The molecule has 19 heavy (non-hydrogen) atoms. The van der Waals surface area contributed by atoms with E-state index in [0.29, 0.717) is 5.92 Å². The number of rotatable bonds is 8. The minimum absolute atomic E-state index is 0.0563. The third-order valence-electron chi connectivity index (χ3n) is 3.75. The number of urea groups is 1. The Balaban J connectivity index is 1.99. The third kappa shape index (κ3) is 7.38. The Morgan fingerprint density at radius 2 is 1.95 bits per heavy atom. The average molecular weight is 272 g/mol. The number of hydrogen-bond acceptors (Lipinski definition) is 3. The Morgan fingerprint density at radius 3 is 2.58 bits per heavy atom. The fraction of sp³-hybridized carbons (Fsp3) is 0.929. The van der Waals surface area contributed by atoms with E-state index in [-0.39, 0.29) is 18.7 Å². The average Bonchev–Trinajstić information content (AvgIpc) is 2.43. The molecule has 5 nitrogen and oxygen atoms in total. The van der Waals surface area contributed by atoms with Crippen LogP contribution in [0.2, 0.25) is 0 Å². The van der Waals surface area contributed by atoms with E-state index in [1.807, 2.05) is 0 Å². The van der Waals surface area contributed by atoms with Crippen molar-refractivity contribution >= 4 is 6.03 Å². The Labute approximate surface area is 116 Å². The van der Waals surface area contributed by atoms with Crippen LogP contribution in [0.1, 0.15) is 44.9 Å². The van der Waals surface area contributed by atoms with Gasteiger partial charge < -0.3 is 20.5 Å². The summed E-state index contributed by atoms with van der Waals surface area (Å²) in [6.07, 6.45) is 7.10. The molecule has 0 spiro atoms. The lowest BCUT2D eigenvalue weighted by atomic mass is 9.87. The summed E-state index contributed by atoms with van der Waals surface area (Å²) in [5.74, 6) is 0.432. The molecule has 0 heterocycles. The maximum atomic E-state index is 11.7. The van der Waals surface area contributed by atoms with Crippen LogP contribution in [0.5, 0.6) is 0 Å². The van der Waals surface area contributed by atoms with Crippen LogP contribution in [0.4, 0.5) is 4.79 Å². The highest BCUT2D eigenvalue weighted by atomic mass is 16.5. The van der Waals surface area contributed by atoms with Gasteiger partial charge in [-0.3, -0.25) is 0 Å². The molecule has 0 aliphatic heterocycles. The van der Waals surface area contributed by atoms with Gasteiger partial charge in [-0.2, -0.15) is 0 Å². The monoisotopic (exact) mass is 272 g/mol. The number of ether oxygens (including phenoxy) is 1. The van der Waals surface area contributed by atoms with Crippen LogP contribution < -0.4 is 10.6 Å². The van der Waals surface area contributed by atoms with Crippen LogP contribution in [0, 0.1) is 5.92 Å². The molecule has 0 saturated heterocycles. The van der Waals surface area contributed by atoms with Crippen molar-refractivity contribution in [3.63, 3.8) is 0 Å². The zero-order valence-corrected chi connectivity index (χ0v) is 12.0. The van der Waals surface area contributed by atoms with Crippen molar-refractivity contribution in [3.05, 3.63) is 0 Å². The number of methoxy groups -OCH3 is 1. The fourth-order valence-electron chi connectivity index (χ4n) is 2.48. The molecule has 3 N–H and O–H groups in total. The molecule has 2 amide bonds. The molecule has 0 bridgehead atoms. The van der Waals surface area contributed by atoms with Gasteiger partial charge in [0.2, 0.25) is 0 Å². The van der Waals surface area contributed by atoms with Crippen molar-refractivity contribution in [2.45, 2.75) is 51.0 Å². The van der Waals surface area contributed by atoms with Gasteiger partial charge in [0.05, 0.1) is 0 Å². The van der Waals surface area contributed by atoms with E-state index in [9.17, 15) is 4.79 Å². The lowest BCUT2D eigenvalue weighted by Gasteiger charge is -2.27. The van der Waals surface area contributed by atoms with Crippen LogP contribution in [-0.4, -0.2) is 44.0 Å². The number of hydrogen-bond donors (Lipinski definition) is 3. The minimum atomic E-state index is -0.0563. The first-order valence-corrected chi connectivity index (χ1v) is 7.40. The second-order valence-corrected chi connectivity index (χ2v) is 5.35. The predicted octanol–water partition coefficient (Wildman–Crippen LogP) is 1.65. The molecule has 0 aromatic heterocycles. The molecule has 1 saturated carbocycles. The Bertz CT molecular complexity index is 241. The van der Waals surface area contributed by atoms with Crippen LogP contribution in [0.3, 0.4) is 0 Å². The van der Waals surface area contributed by atoms with Gasteiger partial charge in [0.15, 0.2) is 0 Å². The van der Waals surface area contributed by atoms with Crippen molar-refractivity contribution in [1.29, 1.82) is 0 Å². The highest BCUT2D eigenvalue weighted by molar-refractivity contribution is 5.74. The Morgan fingerprint density at radius 1 is 1.21 bits per heavy atom. The van der Waals surface area contributed by atoms with Crippen LogP contribution in [0.25, 0.3) is 0 Å². The van der Waals surface area contributed by atoms with Crippen molar-refractivity contribution in [2.24, 2.45) is 5.92 Å². The quantitative estimate of drug-likeness (QED) is 0.588. The number of carbonyl (C=O) groups is 1. The summed E-state index contributed by atoms with van der Waals surface area (Å²) in [5, 5.41) is 15.0. The summed E-state index contributed by atoms with van der Waals surface area (Å²) in [7, 11) is 1.71. The molecular formula is C14H28N2O3. The normalized spacial score (nSPS) is 23.1. The molecule has 0 aromatic rings. The Kier molecular flexibility index (Phi) is 8.58. The van der Waals surface area contributed by atoms with Crippen LogP contribution in [0.15, 0.2) is 0 Å². The van der Waals surface area contributed by atoms with Crippen molar-refractivity contribution < 1.29 is 14.6 Å². The molecule has 112 valence electrons. The molecule has 5 heteroatoms. The van der Waals surface area contributed by atoms with Gasteiger partial charge >= 0.3 is 6.03 Å². The lowest BCUT2D eigenvalue weighted by molar-refractivity contribution is 0.174. The molecule has 1 fully saturated rings. The van der Waals surface area contributed by atoms with Crippen LogP contribution >= 0.6 is 0 Å². The van der Waals surface area contributed by atoms with Gasteiger partial charge in [0.1, 0.15) is 0 Å². The van der Waals surface area contributed by atoms with Gasteiger partial charge in [-0.05, 0) is 50.9 Å². The standard InChI is InChI=1S/C14H28N2O3/c1-19-10-4-2-3-9-15-14(18)16-13-7-5-12(11-17)6-8-13/h12-13,17H,2-11H2,1H3,(H2,15,16,18). The van der Waals surface area contributed by atoms with E-state index in [4.69, 9.17) is 9.84 Å². The van der Waals surface area contributed by atoms with E-state index in [1.54, 1.807) is 7.11 Å². The predicted molar refractivity (Wildman–Crippen MR) is 75.1 cm³/mol. The largest absolute Gasteiger partial charge is 0.396 e. The Hall–Kier alpha value is -0.810. The van der Waals surface area contributed by atoms with E-state index in [2.05, 4.69) is 10.6 Å². The van der Waals surface area contributed by atoms with Gasteiger partial charge in [0, 0.05) is 32.9 Å². The smallest absolute Gasteiger partial charge is 0.315 e. The lowest BCUT2D eigenvalue weighted by Crippen LogP contribution is -2.44. The van der Waals surface area contributed by atoms with Crippen molar-refractivity contribution in [3.8, 4) is 0 Å². The second kappa shape index (κ2) is 10.0. The molecule has 1 aliphatic rings. The summed E-state index contributed by atoms with van der Waals surface area (Å²) in [6, 6.07) is 0.218. The van der Waals surface area contributed by atoms with Gasteiger partial charge in [-0.25, -0.2) is 4.79 Å². The number of aliphatic hydroxyl groups excluding tert-OH is 1. The van der Waals surface area contributed by atoms with Crippen LogP contribution in [-0.2, 0) is 4.74 Å². The summed E-state index contributed by atoms with van der Waals surface area (Å²) >= 11 is 0. The molecule has 0 unspecified atom stereocenters. The maximum absolute atomic E-state index is 11.7. The topological polar surface area (TPSA) is 70.6 Å². The van der Waals surface area contributed by atoms with Crippen molar-refractivity contribution in [2.75, 3.05) is 26.9 Å². The number of amides is 2. The first kappa shape index (κ1) is 16.2. The molecular weight excluding hydrogens is 244 g/mol. The van der Waals surface area contributed by atoms with E-state index in [0.717, 1.165) is 58.1 Å². The third-order valence-corrected chi connectivity index (χ3v) is 3.75. The van der Waals surface area contributed by atoms with Crippen molar-refractivity contribution in [1.82, 2.24) is 10.6 Å². The molecule has 0 atom stereocenters. The highest BCUT2D eigenvalue weighted by Gasteiger charge is 2.21. The first-order valence-electron chi connectivity index (χ1n) is 7.40. The number of aliphatic hydroxyl groups is 1. The SMILES string of the molecule is COCCCCCNC(=O)NC1CCC(CO)CC1. The summed E-state index contributed by atoms with van der Waals surface area (Å²) in [6.45, 7) is 1.79. The zero-order chi connectivity index (χ0) is 13.9.